The lowest BCUT2D eigenvalue weighted by Crippen LogP contribution is -2.28. The Balaban J connectivity index is 1.70. The average molecular weight is 422 g/mol. The molecule has 0 saturated heterocycles. The Hall–Kier alpha value is -2.29. The molecule has 1 N–H and O–H groups in total. The van der Waals surface area contributed by atoms with Crippen LogP contribution in [-0.4, -0.2) is 31.2 Å². The number of nitrogens with zero attached hydrogens (tertiary/aromatic N) is 2. The standard InChI is InChI=1S/C19H20ClN3O4S/c1-3-23-16-11-18-17(26-8-9-27-18)10-15(16)21-19(23)12(2)22-28(24,25)14-6-4-13(20)5-7-14/h4-7,10-12,22H,3,8-9H2,1-2H3/t12-/m1/s1. The van der Waals surface area contributed by atoms with Crippen LogP contribution in [0.2, 0.25) is 5.02 Å². The molecule has 28 heavy (non-hydrogen) atoms. The van der Waals surface area contributed by atoms with E-state index in [9.17, 15) is 8.42 Å². The highest BCUT2D eigenvalue weighted by atomic mass is 35.5. The van der Waals surface area contributed by atoms with Gasteiger partial charge in [0.05, 0.1) is 22.0 Å². The normalized spacial score (nSPS) is 15.0. The van der Waals surface area contributed by atoms with E-state index in [1.165, 1.54) is 12.1 Å². The van der Waals surface area contributed by atoms with Crippen LogP contribution in [0.3, 0.4) is 0 Å². The summed E-state index contributed by atoms with van der Waals surface area (Å²) < 4.78 is 41.4. The fourth-order valence-electron chi connectivity index (χ4n) is 3.31. The van der Waals surface area contributed by atoms with Crippen molar-refractivity contribution in [2.24, 2.45) is 0 Å². The van der Waals surface area contributed by atoms with Crippen LogP contribution in [0.4, 0.5) is 0 Å². The number of ether oxygens (including phenoxy) is 2. The zero-order valence-corrected chi connectivity index (χ0v) is 17.0. The average Bonchev–Trinajstić information content (AvgIpc) is 3.03. The molecule has 4 rings (SSSR count). The van der Waals surface area contributed by atoms with Crippen LogP contribution >= 0.6 is 11.6 Å². The summed E-state index contributed by atoms with van der Waals surface area (Å²) in [5.41, 5.74) is 1.61. The molecule has 1 aromatic heterocycles. The number of rotatable bonds is 5. The van der Waals surface area contributed by atoms with Crippen LogP contribution in [0.15, 0.2) is 41.3 Å². The van der Waals surface area contributed by atoms with Gasteiger partial charge >= 0.3 is 0 Å². The second-order valence-corrected chi connectivity index (χ2v) is 8.65. The summed E-state index contributed by atoms with van der Waals surface area (Å²) in [6, 6.07) is 9.24. The third kappa shape index (κ3) is 3.43. The summed E-state index contributed by atoms with van der Waals surface area (Å²) in [5.74, 6) is 1.95. The molecule has 0 unspecified atom stereocenters. The molecule has 0 spiro atoms. The van der Waals surface area contributed by atoms with Gasteiger partial charge in [-0.15, -0.1) is 0 Å². The smallest absolute Gasteiger partial charge is 0.241 e. The number of benzene rings is 2. The van der Waals surface area contributed by atoms with Crippen LogP contribution < -0.4 is 14.2 Å². The van der Waals surface area contributed by atoms with Gasteiger partial charge in [-0.25, -0.2) is 18.1 Å². The number of fused-ring (bicyclic) bond motifs is 2. The predicted molar refractivity (Wildman–Crippen MR) is 107 cm³/mol. The van der Waals surface area contributed by atoms with Crippen molar-refractivity contribution in [1.82, 2.24) is 14.3 Å². The van der Waals surface area contributed by atoms with Crippen molar-refractivity contribution in [3.63, 3.8) is 0 Å². The lowest BCUT2D eigenvalue weighted by Gasteiger charge is -2.18. The maximum Gasteiger partial charge on any atom is 0.241 e. The van der Waals surface area contributed by atoms with Crippen molar-refractivity contribution in [1.29, 1.82) is 0 Å². The number of aromatic nitrogens is 2. The Labute approximate surface area is 168 Å². The maximum atomic E-state index is 12.7. The van der Waals surface area contributed by atoms with E-state index in [1.54, 1.807) is 19.1 Å². The molecule has 1 aliphatic rings. The van der Waals surface area contributed by atoms with E-state index in [2.05, 4.69) is 9.71 Å². The van der Waals surface area contributed by atoms with Crippen LogP contribution in [0.1, 0.15) is 25.7 Å². The van der Waals surface area contributed by atoms with E-state index < -0.39 is 16.1 Å². The van der Waals surface area contributed by atoms with E-state index in [1.807, 2.05) is 23.6 Å². The first-order chi connectivity index (χ1) is 13.4. The van der Waals surface area contributed by atoms with Gasteiger partial charge < -0.3 is 14.0 Å². The van der Waals surface area contributed by atoms with Crippen LogP contribution in [0.5, 0.6) is 11.5 Å². The molecule has 0 amide bonds. The molecule has 0 fully saturated rings. The van der Waals surface area contributed by atoms with Gasteiger partial charge in [-0.3, -0.25) is 0 Å². The van der Waals surface area contributed by atoms with E-state index in [-0.39, 0.29) is 4.90 Å². The fourth-order valence-corrected chi connectivity index (χ4v) is 4.64. The topological polar surface area (TPSA) is 82.5 Å². The minimum atomic E-state index is -3.71. The first-order valence-electron chi connectivity index (χ1n) is 8.96. The molecular formula is C19H20ClN3O4S. The lowest BCUT2D eigenvalue weighted by molar-refractivity contribution is 0.172. The minimum Gasteiger partial charge on any atom is -0.486 e. The van der Waals surface area contributed by atoms with E-state index in [0.29, 0.717) is 42.1 Å². The van der Waals surface area contributed by atoms with Crippen molar-refractivity contribution in [2.75, 3.05) is 13.2 Å². The number of halogens is 1. The van der Waals surface area contributed by atoms with Gasteiger partial charge in [-0.2, -0.15) is 0 Å². The monoisotopic (exact) mass is 421 g/mol. The molecule has 0 radical (unpaired) electrons. The number of hydrogen-bond acceptors (Lipinski definition) is 5. The zero-order chi connectivity index (χ0) is 19.9. The Morgan fingerprint density at radius 3 is 2.46 bits per heavy atom. The number of imidazole rings is 1. The van der Waals surface area contributed by atoms with Gasteiger partial charge in [0.15, 0.2) is 11.5 Å². The highest BCUT2D eigenvalue weighted by molar-refractivity contribution is 7.89. The lowest BCUT2D eigenvalue weighted by atomic mass is 10.2. The van der Waals surface area contributed by atoms with Gasteiger partial charge in [0.2, 0.25) is 10.0 Å². The van der Waals surface area contributed by atoms with E-state index in [0.717, 1.165) is 11.0 Å². The molecule has 2 aromatic carbocycles. The third-order valence-electron chi connectivity index (χ3n) is 4.60. The zero-order valence-electron chi connectivity index (χ0n) is 15.5. The van der Waals surface area contributed by atoms with Gasteiger partial charge in [0, 0.05) is 23.7 Å². The minimum absolute atomic E-state index is 0.153. The van der Waals surface area contributed by atoms with Crippen molar-refractivity contribution >= 4 is 32.7 Å². The molecule has 148 valence electrons. The summed E-state index contributed by atoms with van der Waals surface area (Å²) in [7, 11) is -3.71. The molecular weight excluding hydrogens is 402 g/mol. The molecule has 9 heteroatoms. The Bertz CT molecular complexity index is 1130. The SMILES string of the molecule is CCn1c([C@@H](C)NS(=O)(=O)c2ccc(Cl)cc2)nc2cc3c(cc21)OCCO3. The van der Waals surface area contributed by atoms with Gasteiger partial charge in [0.1, 0.15) is 19.0 Å². The van der Waals surface area contributed by atoms with E-state index in [4.69, 9.17) is 21.1 Å². The summed E-state index contributed by atoms with van der Waals surface area (Å²) >= 11 is 5.85. The first-order valence-corrected chi connectivity index (χ1v) is 10.8. The Morgan fingerprint density at radius 2 is 1.82 bits per heavy atom. The molecule has 7 nitrogen and oxygen atoms in total. The fraction of sp³-hybridized carbons (Fsp3) is 0.316. The third-order valence-corrected chi connectivity index (χ3v) is 6.41. The highest BCUT2D eigenvalue weighted by Crippen LogP contribution is 2.35. The summed E-state index contributed by atoms with van der Waals surface area (Å²) in [4.78, 5) is 4.82. The van der Waals surface area contributed by atoms with Crippen LogP contribution in [-0.2, 0) is 16.6 Å². The summed E-state index contributed by atoms with van der Waals surface area (Å²) in [6.07, 6.45) is 0. The number of aryl methyl sites for hydroxylation is 1. The summed E-state index contributed by atoms with van der Waals surface area (Å²) in [5, 5.41) is 0.480. The van der Waals surface area contributed by atoms with Crippen molar-refractivity contribution in [3.05, 3.63) is 47.2 Å². The highest BCUT2D eigenvalue weighted by Gasteiger charge is 2.24. The van der Waals surface area contributed by atoms with Crippen LogP contribution in [0, 0.1) is 0 Å². The second kappa shape index (κ2) is 7.27. The van der Waals surface area contributed by atoms with Crippen LogP contribution in [0.25, 0.3) is 11.0 Å². The first kappa shape index (κ1) is 19.0. The number of hydrogen-bond donors (Lipinski definition) is 1. The van der Waals surface area contributed by atoms with Crippen molar-refractivity contribution in [2.45, 2.75) is 31.3 Å². The molecule has 1 atom stereocenters. The predicted octanol–water partition coefficient (Wildman–Crippen LogP) is 3.52. The summed E-state index contributed by atoms with van der Waals surface area (Å²) in [6.45, 7) is 5.40. The molecule has 0 saturated carbocycles. The molecule has 1 aliphatic heterocycles. The van der Waals surface area contributed by atoms with Crippen molar-refractivity contribution < 1.29 is 17.9 Å². The van der Waals surface area contributed by atoms with E-state index >= 15 is 0 Å². The number of sulfonamides is 1. The largest absolute Gasteiger partial charge is 0.486 e. The number of nitrogens with one attached hydrogen (secondary N) is 1. The maximum absolute atomic E-state index is 12.7. The van der Waals surface area contributed by atoms with Crippen molar-refractivity contribution in [3.8, 4) is 11.5 Å². The molecule has 3 aromatic rings. The van der Waals surface area contributed by atoms with Gasteiger partial charge in [-0.1, -0.05) is 11.6 Å². The second-order valence-electron chi connectivity index (χ2n) is 6.50. The molecule has 0 bridgehead atoms. The van der Waals surface area contributed by atoms with Gasteiger partial charge in [-0.05, 0) is 38.1 Å². The quantitative estimate of drug-likeness (QED) is 0.681. The molecule has 0 aliphatic carbocycles. The van der Waals surface area contributed by atoms with Gasteiger partial charge in [0.25, 0.3) is 0 Å². The Morgan fingerprint density at radius 1 is 1.18 bits per heavy atom. The Kier molecular flexibility index (Phi) is 4.95. The molecule has 2 heterocycles.